The highest BCUT2D eigenvalue weighted by Crippen LogP contribution is 2.36. The van der Waals surface area contributed by atoms with Crippen LogP contribution in [0.15, 0.2) is 22.7 Å². The maximum absolute atomic E-state index is 9.68. The first-order chi connectivity index (χ1) is 9.66. The Balaban J connectivity index is 1.87. The normalized spacial score (nSPS) is 28.1. The molecule has 3 rings (SSSR count). The minimum atomic E-state index is -0.424. The number of aliphatic hydroxyl groups is 1. The molecule has 1 aromatic rings. The Morgan fingerprint density at radius 2 is 2.15 bits per heavy atom. The second kappa shape index (κ2) is 6.04. The zero-order valence-corrected chi connectivity index (χ0v) is 13.5. The highest BCUT2D eigenvalue weighted by Gasteiger charge is 2.34. The number of fused-ring (bicyclic) bond motifs is 1. The third-order valence-corrected chi connectivity index (χ3v) is 5.13. The van der Waals surface area contributed by atoms with E-state index in [0.717, 1.165) is 23.2 Å². The van der Waals surface area contributed by atoms with Gasteiger partial charge in [-0.1, -0.05) is 18.9 Å². The Morgan fingerprint density at radius 3 is 2.90 bits per heavy atom. The van der Waals surface area contributed by atoms with Crippen LogP contribution in [0.2, 0.25) is 0 Å². The monoisotopic (exact) mass is 339 g/mol. The maximum atomic E-state index is 9.68. The molecule has 3 atom stereocenters. The molecule has 0 aromatic heterocycles. The molecule has 0 spiro atoms. The predicted molar refractivity (Wildman–Crippen MR) is 84.1 cm³/mol. The van der Waals surface area contributed by atoms with Crippen molar-refractivity contribution in [1.82, 2.24) is 0 Å². The molecule has 1 heterocycles. The fourth-order valence-corrected chi connectivity index (χ4v) is 4.04. The van der Waals surface area contributed by atoms with Gasteiger partial charge in [-0.15, -0.1) is 0 Å². The van der Waals surface area contributed by atoms with Crippen LogP contribution in [0.1, 0.15) is 44.3 Å². The summed E-state index contributed by atoms with van der Waals surface area (Å²) in [5, 5.41) is 9.68. The molecule has 1 saturated heterocycles. The smallest absolute Gasteiger partial charge is 0.0779 e. The molecule has 2 fully saturated rings. The number of aliphatic hydroxyl groups excluding tert-OH is 1. The summed E-state index contributed by atoms with van der Waals surface area (Å²) in [7, 11) is 0. The summed E-state index contributed by atoms with van der Waals surface area (Å²) in [5.74, 6) is 0. The molecule has 2 aliphatic rings. The first kappa shape index (κ1) is 14.4. The number of benzene rings is 1. The van der Waals surface area contributed by atoms with Crippen LogP contribution in [0.3, 0.4) is 0 Å². The second-order valence-electron chi connectivity index (χ2n) is 5.84. The van der Waals surface area contributed by atoms with Gasteiger partial charge in [-0.2, -0.15) is 0 Å². The van der Waals surface area contributed by atoms with Crippen molar-refractivity contribution in [2.24, 2.45) is 0 Å². The molecule has 1 N–H and O–H groups in total. The summed E-state index contributed by atoms with van der Waals surface area (Å²) in [6, 6.07) is 6.69. The third kappa shape index (κ3) is 2.74. The van der Waals surface area contributed by atoms with Crippen molar-refractivity contribution in [3.05, 3.63) is 28.2 Å². The van der Waals surface area contributed by atoms with Crippen molar-refractivity contribution < 1.29 is 9.84 Å². The Hall–Kier alpha value is -0.580. The highest BCUT2D eigenvalue weighted by molar-refractivity contribution is 9.10. The standard InChI is InChI=1S/C16H22BrNO2/c1-11(19)12-6-7-14(13(17)10-12)18-8-9-20-16-5-3-2-4-15(16)18/h6-7,10-11,15-16,19H,2-5,8-9H2,1H3/t11-,15?,16?/m1/s1. The molecule has 0 bridgehead atoms. The molecular formula is C16H22BrNO2. The second-order valence-corrected chi connectivity index (χ2v) is 6.70. The van der Waals surface area contributed by atoms with Gasteiger partial charge in [0.05, 0.1) is 30.5 Å². The first-order valence-corrected chi connectivity index (χ1v) is 8.32. The Bertz CT molecular complexity index is 476. The van der Waals surface area contributed by atoms with Crippen molar-refractivity contribution in [3.8, 4) is 0 Å². The van der Waals surface area contributed by atoms with E-state index in [4.69, 9.17) is 4.74 Å². The van der Waals surface area contributed by atoms with Gasteiger partial charge >= 0.3 is 0 Å². The average molecular weight is 340 g/mol. The van der Waals surface area contributed by atoms with E-state index in [-0.39, 0.29) is 0 Å². The van der Waals surface area contributed by atoms with Gasteiger partial charge in [0.15, 0.2) is 0 Å². The quantitative estimate of drug-likeness (QED) is 0.892. The number of rotatable bonds is 2. The number of hydrogen-bond acceptors (Lipinski definition) is 3. The Morgan fingerprint density at radius 1 is 1.35 bits per heavy atom. The fraction of sp³-hybridized carbons (Fsp3) is 0.625. The molecule has 110 valence electrons. The van der Waals surface area contributed by atoms with Gasteiger partial charge in [0.2, 0.25) is 0 Å². The van der Waals surface area contributed by atoms with Crippen LogP contribution in [-0.2, 0) is 4.74 Å². The van der Waals surface area contributed by atoms with Gasteiger partial charge in [-0.05, 0) is 53.4 Å². The molecular weight excluding hydrogens is 318 g/mol. The largest absolute Gasteiger partial charge is 0.389 e. The van der Waals surface area contributed by atoms with Crippen molar-refractivity contribution in [1.29, 1.82) is 0 Å². The zero-order chi connectivity index (χ0) is 14.1. The summed E-state index contributed by atoms with van der Waals surface area (Å²) in [6.07, 6.45) is 4.95. The molecule has 4 heteroatoms. The Kier molecular flexibility index (Phi) is 4.34. The molecule has 1 aliphatic heterocycles. The van der Waals surface area contributed by atoms with E-state index in [1.807, 2.05) is 12.1 Å². The number of morpholine rings is 1. The maximum Gasteiger partial charge on any atom is 0.0779 e. The van der Waals surface area contributed by atoms with Crippen molar-refractivity contribution in [2.45, 2.75) is 50.9 Å². The minimum absolute atomic E-state index is 0.390. The summed E-state index contributed by atoms with van der Waals surface area (Å²) in [6.45, 7) is 3.56. The number of ether oxygens (including phenoxy) is 1. The molecule has 1 aliphatic carbocycles. The number of halogens is 1. The van der Waals surface area contributed by atoms with E-state index in [1.165, 1.54) is 31.4 Å². The summed E-state index contributed by atoms with van der Waals surface area (Å²) in [4.78, 5) is 2.49. The molecule has 20 heavy (non-hydrogen) atoms. The van der Waals surface area contributed by atoms with E-state index < -0.39 is 6.10 Å². The molecule has 0 radical (unpaired) electrons. The van der Waals surface area contributed by atoms with Crippen LogP contribution in [0.4, 0.5) is 5.69 Å². The summed E-state index contributed by atoms with van der Waals surface area (Å²) >= 11 is 3.67. The fourth-order valence-electron chi connectivity index (χ4n) is 3.41. The van der Waals surface area contributed by atoms with Crippen LogP contribution in [0.5, 0.6) is 0 Å². The van der Waals surface area contributed by atoms with E-state index in [0.29, 0.717) is 12.1 Å². The average Bonchev–Trinajstić information content (AvgIpc) is 2.46. The van der Waals surface area contributed by atoms with E-state index >= 15 is 0 Å². The summed E-state index contributed by atoms with van der Waals surface area (Å²) < 4.78 is 7.01. The highest BCUT2D eigenvalue weighted by atomic mass is 79.9. The first-order valence-electron chi connectivity index (χ1n) is 7.52. The van der Waals surface area contributed by atoms with Crippen LogP contribution in [0, 0.1) is 0 Å². The van der Waals surface area contributed by atoms with Crippen molar-refractivity contribution >= 4 is 21.6 Å². The number of anilines is 1. The molecule has 3 nitrogen and oxygen atoms in total. The molecule has 0 amide bonds. The lowest BCUT2D eigenvalue weighted by molar-refractivity contribution is -0.00873. The minimum Gasteiger partial charge on any atom is -0.389 e. The molecule has 1 aromatic carbocycles. The third-order valence-electron chi connectivity index (χ3n) is 4.50. The van der Waals surface area contributed by atoms with Crippen molar-refractivity contribution in [3.63, 3.8) is 0 Å². The van der Waals surface area contributed by atoms with Crippen molar-refractivity contribution in [2.75, 3.05) is 18.1 Å². The van der Waals surface area contributed by atoms with Crippen LogP contribution in [-0.4, -0.2) is 30.4 Å². The van der Waals surface area contributed by atoms with Gasteiger partial charge in [0, 0.05) is 11.0 Å². The molecule has 2 unspecified atom stereocenters. The number of nitrogens with zero attached hydrogens (tertiary/aromatic N) is 1. The van der Waals surface area contributed by atoms with E-state index in [1.54, 1.807) is 6.92 Å². The molecule has 1 saturated carbocycles. The summed E-state index contributed by atoms with van der Waals surface area (Å²) in [5.41, 5.74) is 2.18. The van der Waals surface area contributed by atoms with Crippen LogP contribution in [0.25, 0.3) is 0 Å². The Labute approximate surface area is 129 Å². The van der Waals surface area contributed by atoms with E-state index in [2.05, 4.69) is 26.9 Å². The van der Waals surface area contributed by atoms with Gasteiger partial charge < -0.3 is 14.7 Å². The lowest BCUT2D eigenvalue weighted by Gasteiger charge is -2.45. The topological polar surface area (TPSA) is 32.7 Å². The van der Waals surface area contributed by atoms with Gasteiger partial charge in [0.1, 0.15) is 0 Å². The van der Waals surface area contributed by atoms with Gasteiger partial charge in [-0.3, -0.25) is 0 Å². The van der Waals surface area contributed by atoms with Gasteiger partial charge in [0.25, 0.3) is 0 Å². The predicted octanol–water partition coefficient (Wildman–Crippen LogP) is 3.65. The van der Waals surface area contributed by atoms with Crippen LogP contribution >= 0.6 is 15.9 Å². The van der Waals surface area contributed by atoms with E-state index in [9.17, 15) is 5.11 Å². The number of hydrogen-bond donors (Lipinski definition) is 1. The zero-order valence-electron chi connectivity index (χ0n) is 11.9. The lowest BCUT2D eigenvalue weighted by Crippen LogP contribution is -2.53. The van der Waals surface area contributed by atoms with Crippen LogP contribution < -0.4 is 4.90 Å². The van der Waals surface area contributed by atoms with Gasteiger partial charge in [-0.25, -0.2) is 0 Å². The lowest BCUT2D eigenvalue weighted by atomic mass is 9.89. The SMILES string of the molecule is C[C@@H](O)c1ccc(N2CCOC3CCCCC32)c(Br)c1.